The molecule has 2 atom stereocenters. The maximum Gasteiger partial charge on any atom is 0.272 e. The number of hydrogen-bond donors (Lipinski definition) is 1. The van der Waals surface area contributed by atoms with Gasteiger partial charge in [0.15, 0.2) is 5.69 Å². The fraction of sp³-hybridized carbons (Fsp3) is 0.273. The highest BCUT2D eigenvalue weighted by Crippen LogP contribution is 2.31. The summed E-state index contributed by atoms with van der Waals surface area (Å²) in [5.41, 5.74) is 4.95. The van der Waals surface area contributed by atoms with Gasteiger partial charge in [0.1, 0.15) is 6.10 Å². The molecule has 2 heterocycles. The molecule has 2 aromatic carbocycles. The van der Waals surface area contributed by atoms with E-state index in [1.807, 2.05) is 47.1 Å². The summed E-state index contributed by atoms with van der Waals surface area (Å²) < 4.78 is 7.84. The number of rotatable bonds is 3. The van der Waals surface area contributed by atoms with E-state index in [2.05, 4.69) is 22.5 Å². The molecule has 0 saturated heterocycles. The summed E-state index contributed by atoms with van der Waals surface area (Å²) in [5.74, 6) is -0.133. The van der Waals surface area contributed by atoms with Crippen molar-refractivity contribution in [2.75, 3.05) is 0 Å². The van der Waals surface area contributed by atoms with Crippen molar-refractivity contribution in [3.63, 3.8) is 0 Å². The third-order valence-electron chi connectivity index (χ3n) is 5.55. The van der Waals surface area contributed by atoms with Crippen LogP contribution in [0.5, 0.6) is 0 Å². The number of carbonyl (C=O) groups is 1. The molecule has 1 amide bonds. The van der Waals surface area contributed by atoms with E-state index in [1.54, 1.807) is 0 Å². The number of carbonyl (C=O) groups excluding carboxylic acids is 1. The molecule has 2 aliphatic rings. The standard InChI is InChI=1S/C22H20ClN3O2/c23-16-8-5-15(6-9-16)21-12-26-17(13-28-21)11-20(25-26)22(27)24-19-10-7-14-3-1-2-4-18(14)19/h1-6,8-9,11,19,21H,7,10,12-13H2,(H,24,27). The molecule has 28 heavy (non-hydrogen) atoms. The third-order valence-corrected chi connectivity index (χ3v) is 5.80. The van der Waals surface area contributed by atoms with Crippen molar-refractivity contribution in [1.29, 1.82) is 0 Å². The summed E-state index contributed by atoms with van der Waals surface area (Å²) in [4.78, 5) is 12.8. The highest BCUT2D eigenvalue weighted by Gasteiger charge is 2.27. The van der Waals surface area contributed by atoms with E-state index < -0.39 is 0 Å². The third kappa shape index (κ3) is 3.21. The van der Waals surface area contributed by atoms with Gasteiger partial charge in [0.05, 0.1) is 24.9 Å². The zero-order valence-corrected chi connectivity index (χ0v) is 16.0. The number of nitrogens with one attached hydrogen (secondary N) is 1. The first kappa shape index (κ1) is 17.5. The number of benzene rings is 2. The predicted octanol–water partition coefficient (Wildman–Crippen LogP) is 4.23. The van der Waals surface area contributed by atoms with Gasteiger partial charge >= 0.3 is 0 Å². The van der Waals surface area contributed by atoms with E-state index in [0.717, 1.165) is 24.1 Å². The van der Waals surface area contributed by atoms with Gasteiger partial charge in [0.25, 0.3) is 5.91 Å². The molecule has 1 aliphatic carbocycles. The predicted molar refractivity (Wildman–Crippen MR) is 106 cm³/mol. The Morgan fingerprint density at radius 3 is 2.86 bits per heavy atom. The molecular formula is C22H20ClN3O2. The van der Waals surface area contributed by atoms with Crippen LogP contribution in [0.4, 0.5) is 0 Å². The van der Waals surface area contributed by atoms with Crippen LogP contribution >= 0.6 is 11.6 Å². The molecule has 6 heteroatoms. The van der Waals surface area contributed by atoms with E-state index in [0.29, 0.717) is 23.9 Å². The van der Waals surface area contributed by atoms with Crippen LogP contribution in [-0.2, 0) is 24.3 Å². The monoisotopic (exact) mass is 393 g/mol. The van der Waals surface area contributed by atoms with Gasteiger partial charge in [-0.3, -0.25) is 9.48 Å². The Kier molecular flexibility index (Phi) is 4.41. The van der Waals surface area contributed by atoms with Crippen LogP contribution in [0.1, 0.15) is 51.4 Å². The van der Waals surface area contributed by atoms with Gasteiger partial charge in [0.2, 0.25) is 0 Å². The van der Waals surface area contributed by atoms with Gasteiger partial charge in [-0.25, -0.2) is 0 Å². The normalized spacial score (nSPS) is 20.5. The van der Waals surface area contributed by atoms with Crippen LogP contribution < -0.4 is 5.32 Å². The molecule has 3 aromatic rings. The molecule has 0 spiro atoms. The molecule has 5 nitrogen and oxygen atoms in total. The Hall–Kier alpha value is -2.63. The molecule has 1 aromatic heterocycles. The Labute approximate surface area is 168 Å². The topological polar surface area (TPSA) is 56.2 Å². The van der Waals surface area contributed by atoms with Crippen molar-refractivity contribution in [1.82, 2.24) is 15.1 Å². The lowest BCUT2D eigenvalue weighted by Gasteiger charge is -2.24. The summed E-state index contributed by atoms with van der Waals surface area (Å²) in [6, 6.07) is 17.8. The van der Waals surface area contributed by atoms with E-state index in [9.17, 15) is 4.79 Å². The summed E-state index contributed by atoms with van der Waals surface area (Å²) >= 11 is 5.97. The van der Waals surface area contributed by atoms with E-state index in [4.69, 9.17) is 16.3 Å². The SMILES string of the molecule is O=C(NC1CCc2ccccc21)c1cc2n(n1)CC(c1ccc(Cl)cc1)OC2. The van der Waals surface area contributed by atoms with Gasteiger partial charge in [-0.05, 0) is 47.7 Å². The molecule has 2 unspecified atom stereocenters. The summed E-state index contributed by atoms with van der Waals surface area (Å²) in [6.07, 6.45) is 1.83. The zero-order valence-electron chi connectivity index (χ0n) is 15.3. The first-order valence-electron chi connectivity index (χ1n) is 9.50. The number of aromatic nitrogens is 2. The molecule has 0 fully saturated rings. The average Bonchev–Trinajstić information content (AvgIpc) is 3.32. The van der Waals surface area contributed by atoms with Gasteiger partial charge in [-0.2, -0.15) is 5.10 Å². The van der Waals surface area contributed by atoms with E-state index in [-0.39, 0.29) is 18.1 Å². The molecule has 0 saturated carbocycles. The first-order valence-corrected chi connectivity index (χ1v) is 9.87. The van der Waals surface area contributed by atoms with Crippen molar-refractivity contribution in [2.24, 2.45) is 0 Å². The minimum atomic E-state index is -0.133. The van der Waals surface area contributed by atoms with Crippen LogP contribution in [0.15, 0.2) is 54.6 Å². The van der Waals surface area contributed by atoms with Gasteiger partial charge in [-0.1, -0.05) is 48.0 Å². The molecule has 1 N–H and O–H groups in total. The molecule has 142 valence electrons. The zero-order chi connectivity index (χ0) is 19.1. The minimum absolute atomic E-state index is 0.0560. The van der Waals surface area contributed by atoms with Gasteiger partial charge in [-0.15, -0.1) is 0 Å². The molecule has 5 rings (SSSR count). The molecular weight excluding hydrogens is 374 g/mol. The summed E-state index contributed by atoms with van der Waals surface area (Å²) in [7, 11) is 0. The number of halogens is 1. The maximum absolute atomic E-state index is 12.8. The highest BCUT2D eigenvalue weighted by molar-refractivity contribution is 6.30. The number of fused-ring (bicyclic) bond motifs is 2. The lowest BCUT2D eigenvalue weighted by atomic mass is 10.1. The fourth-order valence-electron chi connectivity index (χ4n) is 4.05. The second kappa shape index (κ2) is 7.08. The second-order valence-corrected chi connectivity index (χ2v) is 7.75. The Morgan fingerprint density at radius 1 is 1.18 bits per heavy atom. The lowest BCUT2D eigenvalue weighted by molar-refractivity contribution is -0.00119. The first-order chi connectivity index (χ1) is 13.7. The second-order valence-electron chi connectivity index (χ2n) is 7.32. The number of hydrogen-bond acceptors (Lipinski definition) is 3. The Morgan fingerprint density at radius 2 is 2.00 bits per heavy atom. The van der Waals surface area contributed by atoms with Crippen LogP contribution in [0, 0.1) is 0 Å². The molecule has 0 bridgehead atoms. The van der Waals surface area contributed by atoms with Crippen LogP contribution in [0.2, 0.25) is 5.02 Å². The van der Waals surface area contributed by atoms with Crippen molar-refractivity contribution in [2.45, 2.75) is 38.1 Å². The average molecular weight is 394 g/mol. The van der Waals surface area contributed by atoms with E-state index in [1.165, 1.54) is 11.1 Å². The van der Waals surface area contributed by atoms with Crippen molar-refractivity contribution < 1.29 is 9.53 Å². The molecule has 0 radical (unpaired) electrons. The Bertz CT molecular complexity index is 1030. The Balaban J connectivity index is 1.31. The summed E-state index contributed by atoms with van der Waals surface area (Å²) in [5, 5.41) is 8.38. The number of amides is 1. The highest BCUT2D eigenvalue weighted by atomic mass is 35.5. The largest absolute Gasteiger partial charge is 0.365 e. The van der Waals surface area contributed by atoms with E-state index >= 15 is 0 Å². The fourth-order valence-corrected chi connectivity index (χ4v) is 4.18. The van der Waals surface area contributed by atoms with Crippen LogP contribution in [0.3, 0.4) is 0 Å². The van der Waals surface area contributed by atoms with Crippen LogP contribution in [-0.4, -0.2) is 15.7 Å². The van der Waals surface area contributed by atoms with Gasteiger partial charge in [0, 0.05) is 5.02 Å². The number of ether oxygens (including phenoxy) is 1. The maximum atomic E-state index is 12.8. The van der Waals surface area contributed by atoms with Crippen molar-refractivity contribution in [3.05, 3.63) is 87.7 Å². The van der Waals surface area contributed by atoms with Crippen molar-refractivity contribution >= 4 is 17.5 Å². The lowest BCUT2D eigenvalue weighted by Crippen LogP contribution is -2.27. The summed E-state index contributed by atoms with van der Waals surface area (Å²) in [6.45, 7) is 1.01. The number of nitrogens with zero attached hydrogens (tertiary/aromatic N) is 2. The smallest absolute Gasteiger partial charge is 0.272 e. The number of aryl methyl sites for hydroxylation is 1. The van der Waals surface area contributed by atoms with Gasteiger partial charge < -0.3 is 10.1 Å². The molecule has 1 aliphatic heterocycles. The minimum Gasteiger partial charge on any atom is -0.365 e. The van der Waals surface area contributed by atoms with Crippen LogP contribution in [0.25, 0.3) is 0 Å². The van der Waals surface area contributed by atoms with Crippen molar-refractivity contribution in [3.8, 4) is 0 Å². The quantitative estimate of drug-likeness (QED) is 0.724.